The summed E-state index contributed by atoms with van der Waals surface area (Å²) in [4.78, 5) is 21.3. The minimum absolute atomic E-state index is 0.251. The zero-order valence-corrected chi connectivity index (χ0v) is 10.0. The van der Waals surface area contributed by atoms with Gasteiger partial charge in [-0.15, -0.1) is 0 Å². The SMILES string of the molecule is CC(=O)O[C@@H](C=O)[C@@H](OBr)[C@H](O)[C@H](O)CO. The molecule has 16 heavy (non-hydrogen) atoms. The zero-order valence-electron chi connectivity index (χ0n) is 8.45. The number of hydrogen-bond acceptors (Lipinski definition) is 7. The molecule has 0 aromatic rings. The maximum Gasteiger partial charge on any atom is 0.303 e. The van der Waals surface area contributed by atoms with E-state index < -0.39 is 37.0 Å². The second-order valence-corrected chi connectivity index (χ2v) is 3.38. The van der Waals surface area contributed by atoms with E-state index in [-0.39, 0.29) is 6.29 Å². The summed E-state index contributed by atoms with van der Waals surface area (Å²) in [6, 6.07) is 0. The van der Waals surface area contributed by atoms with Gasteiger partial charge < -0.3 is 20.1 Å². The highest BCUT2D eigenvalue weighted by molar-refractivity contribution is 9.06. The van der Waals surface area contributed by atoms with Crippen molar-refractivity contribution in [3.63, 3.8) is 0 Å². The Balaban J connectivity index is 4.65. The molecule has 0 fully saturated rings. The van der Waals surface area contributed by atoms with Gasteiger partial charge in [-0.25, -0.2) is 0 Å². The van der Waals surface area contributed by atoms with Gasteiger partial charge in [0, 0.05) is 6.92 Å². The summed E-state index contributed by atoms with van der Waals surface area (Å²) in [6.07, 6.45) is -5.54. The number of halogens is 1. The molecule has 0 aromatic heterocycles. The molecule has 0 unspecified atom stereocenters. The molecule has 0 radical (unpaired) electrons. The van der Waals surface area contributed by atoms with Crippen LogP contribution in [0.15, 0.2) is 0 Å². The highest BCUT2D eigenvalue weighted by atomic mass is 79.9. The van der Waals surface area contributed by atoms with Gasteiger partial charge >= 0.3 is 5.97 Å². The Labute approximate surface area is 100 Å². The van der Waals surface area contributed by atoms with E-state index in [0.29, 0.717) is 0 Å². The van der Waals surface area contributed by atoms with Gasteiger partial charge in [-0.05, 0) is 0 Å². The molecule has 0 aliphatic heterocycles. The predicted molar refractivity (Wildman–Crippen MR) is 54.5 cm³/mol. The van der Waals surface area contributed by atoms with Crippen molar-refractivity contribution in [3.8, 4) is 0 Å². The lowest BCUT2D eigenvalue weighted by Gasteiger charge is -2.26. The number of aliphatic hydroxyl groups is 3. The molecule has 3 N–H and O–H groups in total. The molecule has 0 aliphatic carbocycles. The zero-order chi connectivity index (χ0) is 12.7. The second-order valence-electron chi connectivity index (χ2n) is 3.00. The highest BCUT2D eigenvalue weighted by Crippen LogP contribution is 2.14. The van der Waals surface area contributed by atoms with E-state index in [0.717, 1.165) is 6.92 Å². The van der Waals surface area contributed by atoms with Gasteiger partial charge in [0.05, 0.1) is 22.9 Å². The minimum atomic E-state index is -1.58. The Hall–Kier alpha value is -0.540. The van der Waals surface area contributed by atoms with E-state index in [1.54, 1.807) is 0 Å². The molecule has 8 heteroatoms. The van der Waals surface area contributed by atoms with Gasteiger partial charge in [0.2, 0.25) is 0 Å². The molecule has 0 amide bonds. The van der Waals surface area contributed by atoms with Crippen LogP contribution in [0.5, 0.6) is 0 Å². The quantitative estimate of drug-likeness (QED) is 0.388. The van der Waals surface area contributed by atoms with Crippen molar-refractivity contribution >= 4 is 28.5 Å². The number of aldehydes is 1. The first-order chi connectivity index (χ1) is 7.47. The molecular weight excluding hydrogens is 288 g/mol. The van der Waals surface area contributed by atoms with Crippen LogP contribution in [0, 0.1) is 0 Å². The first kappa shape index (κ1) is 15.5. The van der Waals surface area contributed by atoms with Crippen molar-refractivity contribution in [3.05, 3.63) is 0 Å². The van der Waals surface area contributed by atoms with E-state index in [9.17, 15) is 14.7 Å². The summed E-state index contributed by atoms with van der Waals surface area (Å²) in [5.41, 5.74) is 0. The number of carbonyl (C=O) groups is 2. The average molecular weight is 301 g/mol. The van der Waals surface area contributed by atoms with Crippen LogP contribution in [0.2, 0.25) is 0 Å². The monoisotopic (exact) mass is 300 g/mol. The van der Waals surface area contributed by atoms with E-state index in [2.05, 4.69) is 24.8 Å². The van der Waals surface area contributed by atoms with Crippen LogP contribution < -0.4 is 0 Å². The van der Waals surface area contributed by atoms with Crippen LogP contribution >= 0.6 is 16.3 Å². The molecule has 0 saturated heterocycles. The topological polar surface area (TPSA) is 113 Å². The number of hydrogen-bond donors (Lipinski definition) is 3. The highest BCUT2D eigenvalue weighted by Gasteiger charge is 2.35. The molecule has 7 nitrogen and oxygen atoms in total. The van der Waals surface area contributed by atoms with Crippen LogP contribution in [-0.4, -0.2) is 58.6 Å². The van der Waals surface area contributed by atoms with Gasteiger partial charge in [-0.1, -0.05) is 0 Å². The van der Waals surface area contributed by atoms with E-state index in [1.165, 1.54) is 0 Å². The largest absolute Gasteiger partial charge is 0.452 e. The summed E-state index contributed by atoms with van der Waals surface area (Å²) in [5, 5.41) is 27.2. The summed E-state index contributed by atoms with van der Waals surface area (Å²) >= 11 is 2.54. The van der Waals surface area contributed by atoms with E-state index >= 15 is 0 Å². The molecule has 0 heterocycles. The van der Waals surface area contributed by atoms with Gasteiger partial charge in [0.25, 0.3) is 0 Å². The Morgan fingerprint density at radius 1 is 1.50 bits per heavy atom. The molecule has 0 aliphatic rings. The second kappa shape index (κ2) is 7.69. The van der Waals surface area contributed by atoms with Crippen molar-refractivity contribution in [2.24, 2.45) is 0 Å². The fourth-order valence-electron chi connectivity index (χ4n) is 0.989. The first-order valence-electron chi connectivity index (χ1n) is 4.34. The van der Waals surface area contributed by atoms with Crippen LogP contribution in [0.3, 0.4) is 0 Å². The normalized spacial score (nSPS) is 18.3. The molecule has 0 rings (SSSR count). The van der Waals surface area contributed by atoms with E-state index in [1.807, 2.05) is 0 Å². The summed E-state index contributed by atoms with van der Waals surface area (Å²) in [6.45, 7) is 0.357. The Bertz CT molecular complexity index is 234. The number of rotatable bonds is 7. The smallest absolute Gasteiger partial charge is 0.303 e. The van der Waals surface area contributed by atoms with Gasteiger partial charge in [0.1, 0.15) is 18.3 Å². The van der Waals surface area contributed by atoms with Gasteiger partial charge in [-0.2, -0.15) is 0 Å². The van der Waals surface area contributed by atoms with Crippen LogP contribution in [-0.2, 0) is 18.2 Å². The van der Waals surface area contributed by atoms with Crippen LogP contribution in [0.4, 0.5) is 0 Å². The Morgan fingerprint density at radius 2 is 2.06 bits per heavy atom. The van der Waals surface area contributed by atoms with Crippen LogP contribution in [0.1, 0.15) is 6.92 Å². The molecule has 4 atom stereocenters. The summed E-state index contributed by atoms with van der Waals surface area (Å²) < 4.78 is 9.13. The van der Waals surface area contributed by atoms with Crippen molar-refractivity contribution in [2.45, 2.75) is 31.3 Å². The average Bonchev–Trinajstić information content (AvgIpc) is 2.26. The lowest BCUT2D eigenvalue weighted by atomic mass is 10.0. The molecular formula is C8H13BrO7. The third-order valence-corrected chi connectivity index (χ3v) is 2.21. The molecule has 0 saturated carbocycles. The molecule has 0 aromatic carbocycles. The molecule has 0 spiro atoms. The van der Waals surface area contributed by atoms with Crippen molar-refractivity contribution in [2.75, 3.05) is 6.61 Å². The fourth-order valence-corrected chi connectivity index (χ4v) is 1.42. The van der Waals surface area contributed by atoms with Crippen molar-refractivity contribution in [1.29, 1.82) is 0 Å². The molecule has 94 valence electrons. The van der Waals surface area contributed by atoms with E-state index in [4.69, 9.17) is 10.2 Å². The Morgan fingerprint density at radius 3 is 2.38 bits per heavy atom. The predicted octanol–water partition coefficient (Wildman–Crippen LogP) is -1.47. The van der Waals surface area contributed by atoms with Gasteiger partial charge in [-0.3, -0.25) is 13.4 Å². The van der Waals surface area contributed by atoms with Gasteiger partial charge in [0.15, 0.2) is 12.4 Å². The molecule has 0 bridgehead atoms. The van der Waals surface area contributed by atoms with Crippen molar-refractivity contribution < 1.29 is 33.5 Å². The summed E-state index contributed by atoms with van der Waals surface area (Å²) in [5.74, 6) is -0.739. The Kier molecular flexibility index (Phi) is 7.43. The number of ether oxygens (including phenoxy) is 1. The summed E-state index contributed by atoms with van der Waals surface area (Å²) in [7, 11) is 0. The van der Waals surface area contributed by atoms with Crippen LogP contribution in [0.25, 0.3) is 0 Å². The number of aliphatic hydroxyl groups excluding tert-OH is 3. The third kappa shape index (κ3) is 4.54. The first-order valence-corrected chi connectivity index (χ1v) is 4.99. The van der Waals surface area contributed by atoms with Crippen molar-refractivity contribution in [1.82, 2.24) is 0 Å². The number of carbonyl (C=O) groups excluding carboxylic acids is 2. The fraction of sp³-hybridized carbons (Fsp3) is 0.750. The maximum atomic E-state index is 10.6. The number of esters is 1. The lowest BCUT2D eigenvalue weighted by Crippen LogP contribution is -2.48. The third-order valence-electron chi connectivity index (χ3n) is 1.78. The minimum Gasteiger partial charge on any atom is -0.452 e. The lowest BCUT2D eigenvalue weighted by molar-refractivity contribution is -0.161. The standard InChI is InChI=1S/C8H13BrO7/c1-4(12)15-6(3-11)8(16-9)7(14)5(13)2-10/h3,5-8,10,13-14H,2H2,1H3/t5-,6+,7-,8-/m1/s1. The maximum absolute atomic E-state index is 10.6.